The molecule has 8 aromatic carbocycles. The Morgan fingerprint density at radius 1 is 0.352 bits per heavy atom. The van der Waals surface area contributed by atoms with Gasteiger partial charge in [-0.2, -0.15) is 0 Å². The molecule has 3 nitrogen and oxygen atoms in total. The summed E-state index contributed by atoms with van der Waals surface area (Å²) >= 11 is 0. The summed E-state index contributed by atoms with van der Waals surface area (Å²) in [7, 11) is 0. The molecule has 0 saturated heterocycles. The number of hydrogen-bond acceptors (Lipinski definition) is 3. The van der Waals surface area contributed by atoms with Crippen molar-refractivity contribution in [2.24, 2.45) is 0 Å². The van der Waals surface area contributed by atoms with Crippen LogP contribution in [-0.4, -0.2) is 9.97 Å². The molecule has 0 radical (unpaired) electrons. The number of para-hydroxylation sites is 2. The predicted molar refractivity (Wildman–Crippen MR) is 219 cm³/mol. The highest BCUT2D eigenvalue weighted by Crippen LogP contribution is 2.63. The Morgan fingerprint density at radius 3 is 1.70 bits per heavy atom. The Kier molecular flexibility index (Phi) is 6.77. The smallest absolute Gasteiger partial charge is 0.160 e. The molecule has 252 valence electrons. The third-order valence-electron chi connectivity index (χ3n) is 11.2. The number of ether oxygens (including phenoxy) is 1. The average molecular weight is 689 g/mol. The van der Waals surface area contributed by atoms with Gasteiger partial charge in [0.05, 0.1) is 16.8 Å². The second-order valence-corrected chi connectivity index (χ2v) is 14.1. The standard InChI is InChI=1S/C51H32N2O/c1-2-14-35(15-3-1)45-32-46(53-50(52-45)36-28-25-34(26-29-36)38-30-27-33-13-4-5-16-37(33)31-38)40-18-12-22-44-49(40)39-17-6-7-19-41(39)51(44)42-20-8-10-23-47(42)54-48-24-11-9-21-43(48)51/h1-32H. The van der Waals surface area contributed by atoms with Crippen LogP contribution in [0.2, 0.25) is 0 Å². The molecule has 1 aromatic heterocycles. The number of fused-ring (bicyclic) bond motifs is 10. The van der Waals surface area contributed by atoms with Gasteiger partial charge in [0.15, 0.2) is 5.82 Å². The lowest BCUT2D eigenvalue weighted by atomic mass is 9.66. The molecule has 3 heteroatoms. The third kappa shape index (κ3) is 4.55. The zero-order chi connectivity index (χ0) is 35.6. The fourth-order valence-corrected chi connectivity index (χ4v) is 8.77. The van der Waals surface area contributed by atoms with Gasteiger partial charge in [0.25, 0.3) is 0 Å². The third-order valence-corrected chi connectivity index (χ3v) is 11.2. The summed E-state index contributed by atoms with van der Waals surface area (Å²) < 4.78 is 6.57. The highest BCUT2D eigenvalue weighted by molar-refractivity contribution is 5.96. The average Bonchev–Trinajstić information content (AvgIpc) is 3.54. The minimum Gasteiger partial charge on any atom is -0.457 e. The minimum absolute atomic E-state index is 0.551. The molecule has 0 N–H and O–H groups in total. The number of rotatable bonds is 4. The van der Waals surface area contributed by atoms with Gasteiger partial charge in [-0.15, -0.1) is 0 Å². The summed E-state index contributed by atoms with van der Waals surface area (Å²) in [4.78, 5) is 10.6. The van der Waals surface area contributed by atoms with Gasteiger partial charge in [0.1, 0.15) is 11.5 Å². The summed E-state index contributed by atoms with van der Waals surface area (Å²) in [5.74, 6) is 2.45. The quantitative estimate of drug-likeness (QED) is 0.185. The van der Waals surface area contributed by atoms with Crippen LogP contribution < -0.4 is 4.74 Å². The van der Waals surface area contributed by atoms with Crippen LogP contribution >= 0.6 is 0 Å². The topological polar surface area (TPSA) is 35.0 Å². The zero-order valence-electron chi connectivity index (χ0n) is 29.3. The van der Waals surface area contributed by atoms with Crippen LogP contribution in [0.4, 0.5) is 0 Å². The first-order valence-corrected chi connectivity index (χ1v) is 18.4. The van der Waals surface area contributed by atoms with E-state index in [2.05, 4.69) is 188 Å². The Morgan fingerprint density at radius 2 is 0.926 bits per heavy atom. The zero-order valence-corrected chi connectivity index (χ0v) is 29.3. The molecule has 1 aliphatic heterocycles. The molecule has 2 aliphatic rings. The van der Waals surface area contributed by atoms with Crippen molar-refractivity contribution in [3.8, 4) is 67.7 Å². The van der Waals surface area contributed by atoms with Crippen LogP contribution in [0.3, 0.4) is 0 Å². The fraction of sp³-hybridized carbons (Fsp3) is 0.0196. The first-order chi connectivity index (χ1) is 26.8. The lowest BCUT2D eigenvalue weighted by Gasteiger charge is -2.39. The van der Waals surface area contributed by atoms with E-state index < -0.39 is 5.41 Å². The van der Waals surface area contributed by atoms with Crippen molar-refractivity contribution >= 4 is 10.8 Å². The summed E-state index contributed by atoms with van der Waals surface area (Å²) in [5.41, 5.74) is 13.8. The van der Waals surface area contributed by atoms with Gasteiger partial charge < -0.3 is 4.74 Å². The molecule has 0 amide bonds. The largest absolute Gasteiger partial charge is 0.457 e. The summed E-state index contributed by atoms with van der Waals surface area (Å²) in [6.45, 7) is 0. The normalized spacial score (nSPS) is 13.1. The van der Waals surface area contributed by atoms with Crippen molar-refractivity contribution in [1.82, 2.24) is 9.97 Å². The first-order valence-electron chi connectivity index (χ1n) is 18.4. The Bertz CT molecular complexity index is 2870. The van der Waals surface area contributed by atoms with E-state index >= 15 is 0 Å². The maximum Gasteiger partial charge on any atom is 0.160 e. The number of hydrogen-bond donors (Lipinski definition) is 0. The van der Waals surface area contributed by atoms with E-state index in [1.54, 1.807) is 0 Å². The maximum absolute atomic E-state index is 6.57. The van der Waals surface area contributed by atoms with Crippen molar-refractivity contribution in [3.05, 3.63) is 216 Å². The molecule has 0 fully saturated rings. The number of benzene rings is 8. The maximum atomic E-state index is 6.57. The molecule has 0 bridgehead atoms. The molecule has 0 saturated carbocycles. The van der Waals surface area contributed by atoms with E-state index in [0.717, 1.165) is 56.3 Å². The van der Waals surface area contributed by atoms with Gasteiger partial charge in [0, 0.05) is 27.8 Å². The molecular formula is C51H32N2O. The lowest BCUT2D eigenvalue weighted by Crippen LogP contribution is -2.32. The highest BCUT2D eigenvalue weighted by atomic mass is 16.5. The van der Waals surface area contributed by atoms with Gasteiger partial charge in [-0.25, -0.2) is 9.97 Å². The molecule has 11 rings (SSSR count). The van der Waals surface area contributed by atoms with Crippen LogP contribution in [-0.2, 0) is 5.41 Å². The van der Waals surface area contributed by atoms with Crippen molar-refractivity contribution in [3.63, 3.8) is 0 Å². The predicted octanol–water partition coefficient (Wildman–Crippen LogP) is 12.8. The molecule has 9 aromatic rings. The van der Waals surface area contributed by atoms with Gasteiger partial charge in [-0.3, -0.25) is 0 Å². The number of aromatic nitrogens is 2. The molecule has 1 spiro atoms. The molecular weight excluding hydrogens is 657 g/mol. The summed E-state index contributed by atoms with van der Waals surface area (Å²) in [6.07, 6.45) is 0. The van der Waals surface area contributed by atoms with Crippen molar-refractivity contribution < 1.29 is 4.74 Å². The lowest BCUT2D eigenvalue weighted by molar-refractivity contribution is 0.436. The second-order valence-electron chi connectivity index (χ2n) is 14.1. The van der Waals surface area contributed by atoms with Crippen molar-refractivity contribution in [1.29, 1.82) is 0 Å². The van der Waals surface area contributed by atoms with Crippen LogP contribution in [0.25, 0.3) is 66.9 Å². The minimum atomic E-state index is -0.551. The summed E-state index contributed by atoms with van der Waals surface area (Å²) in [5, 5.41) is 2.47. The Balaban J connectivity index is 1.12. The molecule has 54 heavy (non-hydrogen) atoms. The van der Waals surface area contributed by atoms with E-state index in [1.807, 2.05) is 6.07 Å². The van der Waals surface area contributed by atoms with Crippen LogP contribution in [0, 0.1) is 0 Å². The van der Waals surface area contributed by atoms with Crippen LogP contribution in [0.1, 0.15) is 22.3 Å². The first kappa shape index (κ1) is 30.5. The second kappa shape index (κ2) is 12.0. The van der Waals surface area contributed by atoms with Gasteiger partial charge in [-0.05, 0) is 68.4 Å². The van der Waals surface area contributed by atoms with E-state index in [9.17, 15) is 0 Å². The number of nitrogens with zero attached hydrogens (tertiary/aromatic N) is 2. The Labute approximate surface area is 313 Å². The summed E-state index contributed by atoms with van der Waals surface area (Å²) in [6, 6.07) is 68.9. The molecule has 2 heterocycles. The van der Waals surface area contributed by atoms with Gasteiger partial charge in [0.2, 0.25) is 0 Å². The van der Waals surface area contributed by atoms with Crippen molar-refractivity contribution in [2.75, 3.05) is 0 Å². The highest BCUT2D eigenvalue weighted by Gasteiger charge is 2.51. The van der Waals surface area contributed by atoms with E-state index in [-0.39, 0.29) is 0 Å². The van der Waals surface area contributed by atoms with Crippen LogP contribution in [0.5, 0.6) is 11.5 Å². The van der Waals surface area contributed by atoms with Crippen LogP contribution in [0.15, 0.2) is 194 Å². The van der Waals surface area contributed by atoms with E-state index in [0.29, 0.717) is 5.82 Å². The van der Waals surface area contributed by atoms with Crippen molar-refractivity contribution in [2.45, 2.75) is 5.41 Å². The fourth-order valence-electron chi connectivity index (χ4n) is 8.77. The van der Waals surface area contributed by atoms with E-state index in [4.69, 9.17) is 14.7 Å². The monoisotopic (exact) mass is 688 g/mol. The van der Waals surface area contributed by atoms with Gasteiger partial charge in [-0.1, -0.05) is 170 Å². The molecule has 0 atom stereocenters. The Hall–Kier alpha value is -7.10. The van der Waals surface area contributed by atoms with Gasteiger partial charge >= 0.3 is 0 Å². The SMILES string of the molecule is c1ccc(-c2cc(-c3cccc4c3-c3ccccc3C43c4ccccc4Oc4ccccc43)nc(-c3ccc(-c4ccc5ccccc5c4)cc3)n2)cc1. The molecule has 0 unspecified atom stereocenters. The van der Waals surface area contributed by atoms with E-state index in [1.165, 1.54) is 38.6 Å². The molecule has 1 aliphatic carbocycles.